The van der Waals surface area contributed by atoms with Crippen LogP contribution in [0.2, 0.25) is 0 Å². The van der Waals surface area contributed by atoms with Crippen LogP contribution in [0.15, 0.2) is 85.1 Å². The molecule has 64 heavy (non-hydrogen) atoms. The Morgan fingerprint density at radius 3 is 1.36 bits per heavy atom. The van der Waals surface area contributed by atoms with Crippen molar-refractivity contribution in [2.24, 2.45) is 0 Å². The van der Waals surface area contributed by atoms with Crippen LogP contribution in [0.25, 0.3) is 0 Å². The lowest BCUT2D eigenvalue weighted by Gasteiger charge is -2.24. The highest BCUT2D eigenvalue weighted by Crippen LogP contribution is 2.43. The lowest BCUT2D eigenvalue weighted by Crippen LogP contribution is -2.37. The van der Waals surface area contributed by atoms with E-state index in [0.717, 1.165) is 77.0 Å². The summed E-state index contributed by atoms with van der Waals surface area (Å²) in [7, 11) is 1.43. The molecular weight excluding hydrogens is 822 g/mol. The Kier molecular flexibility index (Phi) is 43.4. The van der Waals surface area contributed by atoms with Crippen LogP contribution in [0.1, 0.15) is 194 Å². The second-order valence-corrected chi connectivity index (χ2v) is 19.3. The summed E-state index contributed by atoms with van der Waals surface area (Å²) in [6.45, 7) is 4.24. The van der Waals surface area contributed by atoms with Crippen LogP contribution in [0, 0.1) is 0 Å². The summed E-state index contributed by atoms with van der Waals surface area (Å²) in [5, 5.41) is 0. The second kappa shape index (κ2) is 45.4. The van der Waals surface area contributed by atoms with Gasteiger partial charge in [-0.1, -0.05) is 176 Å². The number of phosphoric acid groups is 1. The van der Waals surface area contributed by atoms with Gasteiger partial charge < -0.3 is 18.9 Å². The Morgan fingerprint density at radius 1 is 0.500 bits per heavy atom. The third kappa shape index (κ3) is 48.6. The van der Waals surface area contributed by atoms with Gasteiger partial charge in [0.25, 0.3) is 0 Å². The van der Waals surface area contributed by atoms with Crippen LogP contribution in [0.4, 0.5) is 0 Å². The molecule has 0 saturated carbocycles. The first kappa shape index (κ1) is 61.2. The minimum atomic E-state index is -4.40. The Hall–Kier alpha value is -2.81. The normalized spacial score (nSPS) is 14.2. The molecular formula is C54H95NO8P+. The van der Waals surface area contributed by atoms with Crippen molar-refractivity contribution in [1.82, 2.24) is 0 Å². The van der Waals surface area contributed by atoms with Gasteiger partial charge >= 0.3 is 19.8 Å². The number of likely N-dealkylation sites (N-methyl/N-ethyl adjacent to an activating group) is 1. The molecule has 9 nitrogen and oxygen atoms in total. The average molecular weight is 917 g/mol. The largest absolute Gasteiger partial charge is 0.472 e. The maximum Gasteiger partial charge on any atom is 0.472 e. The van der Waals surface area contributed by atoms with Crippen LogP contribution in [0.5, 0.6) is 0 Å². The first-order chi connectivity index (χ1) is 31.0. The first-order valence-corrected chi connectivity index (χ1v) is 26.8. The van der Waals surface area contributed by atoms with Gasteiger partial charge in [-0.2, -0.15) is 0 Å². The average Bonchev–Trinajstić information content (AvgIpc) is 3.25. The molecule has 0 aliphatic carbocycles. The predicted molar refractivity (Wildman–Crippen MR) is 270 cm³/mol. The zero-order valence-electron chi connectivity index (χ0n) is 41.5. The molecule has 2 atom stereocenters. The summed E-state index contributed by atoms with van der Waals surface area (Å²) in [5.74, 6) is -0.856. The summed E-state index contributed by atoms with van der Waals surface area (Å²) in [6, 6.07) is 0. The molecule has 0 aromatic rings. The smallest absolute Gasteiger partial charge is 0.462 e. The highest BCUT2D eigenvalue weighted by atomic mass is 31.2. The van der Waals surface area contributed by atoms with Gasteiger partial charge in [0.05, 0.1) is 27.7 Å². The molecule has 0 amide bonds. The SMILES string of the molecule is CC/C=C\C/C=C\C/C=C\C/C=C\CCCCC(=O)OC(COC(=O)CCCCCCCCCCCC/C=C\C/C=C\C/C=C\CCCCCCC)COP(=O)(O)OCC[N+](C)(C)C. The number of quaternary nitrogens is 1. The number of allylic oxidation sites excluding steroid dienone is 14. The Labute approximate surface area is 392 Å². The van der Waals surface area contributed by atoms with Gasteiger partial charge in [0, 0.05) is 12.8 Å². The molecule has 0 spiro atoms. The molecule has 0 rings (SSSR count). The number of ether oxygens (including phenoxy) is 2. The van der Waals surface area contributed by atoms with Crippen molar-refractivity contribution < 1.29 is 42.1 Å². The number of carbonyl (C=O) groups is 2. The first-order valence-electron chi connectivity index (χ1n) is 25.3. The Balaban J connectivity index is 4.27. The van der Waals surface area contributed by atoms with E-state index in [1.165, 1.54) is 83.5 Å². The van der Waals surface area contributed by atoms with Gasteiger partial charge in [0.1, 0.15) is 19.8 Å². The van der Waals surface area contributed by atoms with Gasteiger partial charge in [-0.25, -0.2) is 4.57 Å². The lowest BCUT2D eigenvalue weighted by molar-refractivity contribution is -0.870. The standard InChI is InChI=1S/C54H94NO8P/c1-6-8-10-12-14-16-18-20-22-23-24-25-26-27-28-29-30-31-33-34-36-38-40-42-44-46-53(56)60-50-52(51-62-64(58,59)61-49-48-55(3,4)5)63-54(57)47-45-43-41-39-37-35-32-21-19-17-15-13-11-9-7-2/h9,11,15,17-18,20-21,23-24,26-27,32,37,39,52H,6-8,10,12-14,16,19,22,25,28-31,33-36,38,40-51H2,1-5H3/p+1/b11-9-,17-15-,20-18-,24-23-,27-26-,32-21-,39-37-. The van der Waals surface area contributed by atoms with Crippen molar-refractivity contribution in [3.8, 4) is 0 Å². The number of hydrogen-bond acceptors (Lipinski definition) is 7. The number of nitrogens with zero attached hydrogens (tertiary/aromatic N) is 1. The zero-order valence-corrected chi connectivity index (χ0v) is 42.4. The van der Waals surface area contributed by atoms with Crippen LogP contribution >= 0.6 is 7.82 Å². The maximum absolute atomic E-state index is 12.7. The molecule has 0 aromatic carbocycles. The maximum atomic E-state index is 12.7. The Bertz CT molecular complexity index is 1360. The van der Waals surface area contributed by atoms with Crippen molar-refractivity contribution in [3.05, 3.63) is 85.1 Å². The molecule has 1 N–H and O–H groups in total. The lowest BCUT2D eigenvalue weighted by atomic mass is 10.1. The van der Waals surface area contributed by atoms with E-state index in [1.54, 1.807) is 0 Å². The summed E-state index contributed by atoms with van der Waals surface area (Å²) in [5.41, 5.74) is 0. The molecule has 0 aliphatic rings. The van der Waals surface area contributed by atoms with E-state index in [0.29, 0.717) is 17.4 Å². The molecule has 0 aromatic heterocycles. The van der Waals surface area contributed by atoms with Crippen molar-refractivity contribution in [3.63, 3.8) is 0 Å². The summed E-state index contributed by atoms with van der Waals surface area (Å²) in [6.07, 6.45) is 59.3. The van der Waals surface area contributed by atoms with Gasteiger partial charge in [0.2, 0.25) is 0 Å². The van der Waals surface area contributed by atoms with Gasteiger partial charge in [-0.15, -0.1) is 0 Å². The Morgan fingerprint density at radius 2 is 0.891 bits per heavy atom. The van der Waals surface area contributed by atoms with E-state index < -0.39 is 26.5 Å². The van der Waals surface area contributed by atoms with Crippen molar-refractivity contribution >= 4 is 19.8 Å². The van der Waals surface area contributed by atoms with Crippen molar-refractivity contribution in [2.75, 3.05) is 47.5 Å². The molecule has 0 saturated heterocycles. The fourth-order valence-corrected chi connectivity index (χ4v) is 7.22. The van der Waals surface area contributed by atoms with E-state index >= 15 is 0 Å². The van der Waals surface area contributed by atoms with Gasteiger partial charge in [-0.05, 0) is 89.9 Å². The summed E-state index contributed by atoms with van der Waals surface area (Å²) in [4.78, 5) is 35.5. The molecule has 0 bridgehead atoms. The molecule has 0 radical (unpaired) electrons. The minimum Gasteiger partial charge on any atom is -0.462 e. The molecule has 368 valence electrons. The molecule has 0 aliphatic heterocycles. The van der Waals surface area contributed by atoms with E-state index in [-0.39, 0.29) is 32.0 Å². The van der Waals surface area contributed by atoms with Gasteiger partial charge in [0.15, 0.2) is 6.10 Å². The van der Waals surface area contributed by atoms with Crippen molar-refractivity contribution in [1.29, 1.82) is 0 Å². The molecule has 0 fully saturated rings. The van der Waals surface area contributed by atoms with Crippen LogP contribution in [-0.2, 0) is 32.7 Å². The number of unbranched alkanes of at least 4 members (excludes halogenated alkanes) is 17. The fraction of sp³-hybridized carbons (Fsp3) is 0.704. The monoisotopic (exact) mass is 917 g/mol. The second-order valence-electron chi connectivity index (χ2n) is 17.8. The van der Waals surface area contributed by atoms with Crippen LogP contribution in [0.3, 0.4) is 0 Å². The highest BCUT2D eigenvalue weighted by molar-refractivity contribution is 7.47. The fourth-order valence-electron chi connectivity index (χ4n) is 6.48. The summed E-state index contributed by atoms with van der Waals surface area (Å²) < 4.78 is 34.4. The molecule has 10 heteroatoms. The van der Waals surface area contributed by atoms with Crippen LogP contribution in [-0.4, -0.2) is 74.9 Å². The number of esters is 2. The number of carbonyl (C=O) groups excluding carboxylic acids is 2. The zero-order chi connectivity index (χ0) is 47.1. The van der Waals surface area contributed by atoms with E-state index in [2.05, 4.69) is 98.9 Å². The topological polar surface area (TPSA) is 108 Å². The van der Waals surface area contributed by atoms with Gasteiger partial charge in [-0.3, -0.25) is 18.6 Å². The van der Waals surface area contributed by atoms with E-state index in [1.807, 2.05) is 21.1 Å². The molecule has 2 unspecified atom stereocenters. The minimum absolute atomic E-state index is 0.0187. The predicted octanol–water partition coefficient (Wildman–Crippen LogP) is 15.1. The quantitative estimate of drug-likeness (QED) is 0.0212. The number of rotatable bonds is 45. The summed E-state index contributed by atoms with van der Waals surface area (Å²) >= 11 is 0. The van der Waals surface area contributed by atoms with E-state index in [4.69, 9.17) is 18.5 Å². The third-order valence-corrected chi connectivity index (χ3v) is 11.4. The van der Waals surface area contributed by atoms with Crippen LogP contribution < -0.4 is 0 Å². The number of phosphoric ester groups is 1. The van der Waals surface area contributed by atoms with Crippen molar-refractivity contribution in [2.45, 2.75) is 200 Å². The van der Waals surface area contributed by atoms with E-state index in [9.17, 15) is 19.0 Å². The molecule has 0 heterocycles. The third-order valence-electron chi connectivity index (χ3n) is 10.4. The number of hydrogen-bond donors (Lipinski definition) is 1. The highest BCUT2D eigenvalue weighted by Gasteiger charge is 2.27.